The number of carbonyl (C=O) groups excluding carboxylic acids is 1. The number of hydrogen-bond acceptors (Lipinski definition) is 5. The van der Waals surface area contributed by atoms with E-state index in [9.17, 15) is 4.79 Å². The highest BCUT2D eigenvalue weighted by molar-refractivity contribution is 5.98. The number of aliphatic imine (C=N–C) groups is 1. The number of aryl methyl sites for hydroxylation is 1. The molecule has 1 N–H and O–H groups in total. The van der Waals surface area contributed by atoms with Crippen LogP contribution in [0.1, 0.15) is 35.7 Å². The molecule has 7 nitrogen and oxygen atoms in total. The van der Waals surface area contributed by atoms with E-state index in [4.69, 9.17) is 9.15 Å². The van der Waals surface area contributed by atoms with Gasteiger partial charge in [0.15, 0.2) is 5.69 Å². The zero-order valence-corrected chi connectivity index (χ0v) is 16.3. The lowest BCUT2D eigenvalue weighted by Crippen LogP contribution is -2.25. The van der Waals surface area contributed by atoms with E-state index in [1.165, 1.54) is 4.68 Å². The molecule has 0 bridgehead atoms. The summed E-state index contributed by atoms with van der Waals surface area (Å²) in [5.41, 5.74) is 1.76. The van der Waals surface area contributed by atoms with Crippen LogP contribution >= 0.6 is 0 Å². The van der Waals surface area contributed by atoms with Crippen LogP contribution in [-0.4, -0.2) is 28.5 Å². The van der Waals surface area contributed by atoms with Crippen molar-refractivity contribution in [1.82, 2.24) is 15.1 Å². The summed E-state index contributed by atoms with van der Waals surface area (Å²) in [6, 6.07) is 11.3. The van der Waals surface area contributed by atoms with Gasteiger partial charge in [0.2, 0.25) is 0 Å². The fraction of sp³-hybridized carbons (Fsp3) is 0.286. The predicted octanol–water partition coefficient (Wildman–Crippen LogP) is 3.73. The number of hydrogen-bond donors (Lipinski definition) is 1. The molecule has 7 heteroatoms. The van der Waals surface area contributed by atoms with Crippen molar-refractivity contribution >= 4 is 17.8 Å². The summed E-state index contributed by atoms with van der Waals surface area (Å²) < 4.78 is 12.5. The topological polar surface area (TPSA) is 81.7 Å². The van der Waals surface area contributed by atoms with Crippen LogP contribution in [0.5, 0.6) is 5.75 Å². The lowest BCUT2D eigenvalue weighted by Gasteiger charge is -2.08. The summed E-state index contributed by atoms with van der Waals surface area (Å²) in [5, 5.41) is 6.97. The summed E-state index contributed by atoms with van der Waals surface area (Å²) in [6.07, 6.45) is 4.83. The fourth-order valence-corrected chi connectivity index (χ4v) is 2.54. The van der Waals surface area contributed by atoms with Crippen molar-refractivity contribution in [2.45, 2.75) is 20.4 Å². The van der Waals surface area contributed by atoms with Gasteiger partial charge >= 0.3 is 0 Å². The van der Waals surface area contributed by atoms with E-state index in [1.807, 2.05) is 24.3 Å². The minimum Gasteiger partial charge on any atom is -0.493 e. The van der Waals surface area contributed by atoms with Gasteiger partial charge in [-0.05, 0) is 35.7 Å². The molecule has 0 fully saturated rings. The number of ether oxygens (including phenoxy) is 1. The quantitative estimate of drug-likeness (QED) is 0.604. The number of aromatic nitrogens is 2. The molecule has 0 atom stereocenters. The number of carbonyl (C=O) groups is 1. The molecule has 1 aromatic carbocycles. The molecule has 0 spiro atoms. The molecule has 1 amide bonds. The number of nitrogens with one attached hydrogen (secondary N) is 1. The first kappa shape index (κ1) is 19.4. The molecule has 146 valence electrons. The summed E-state index contributed by atoms with van der Waals surface area (Å²) in [7, 11) is 1.71. The molecule has 0 radical (unpaired) electrons. The van der Waals surface area contributed by atoms with Crippen LogP contribution in [0, 0.1) is 5.92 Å². The summed E-state index contributed by atoms with van der Waals surface area (Å²) in [4.78, 5) is 17.0. The highest BCUT2D eigenvalue weighted by Gasteiger charge is 2.16. The number of nitrogens with zero attached hydrogens (tertiary/aromatic N) is 3. The highest BCUT2D eigenvalue weighted by Crippen LogP contribution is 2.19. The van der Waals surface area contributed by atoms with Crippen LogP contribution in [0.15, 0.2) is 58.3 Å². The van der Waals surface area contributed by atoms with Gasteiger partial charge in [0, 0.05) is 13.3 Å². The van der Waals surface area contributed by atoms with Crippen molar-refractivity contribution in [2.24, 2.45) is 18.0 Å². The Labute approximate surface area is 164 Å². The molecule has 0 saturated carbocycles. The van der Waals surface area contributed by atoms with Gasteiger partial charge in [0.05, 0.1) is 25.6 Å². The number of furan rings is 1. The molecular formula is C21H24N4O3. The maximum Gasteiger partial charge on any atom is 0.272 e. The first-order valence-electron chi connectivity index (χ1n) is 9.12. The van der Waals surface area contributed by atoms with Gasteiger partial charge in [-0.25, -0.2) is 0 Å². The summed E-state index contributed by atoms with van der Waals surface area (Å²) in [5.74, 6) is 1.66. The van der Waals surface area contributed by atoms with Crippen LogP contribution in [0.25, 0.3) is 0 Å². The summed E-state index contributed by atoms with van der Waals surface area (Å²) in [6.45, 7) is 5.16. The maximum atomic E-state index is 12.5. The van der Waals surface area contributed by atoms with E-state index in [0.717, 1.165) is 11.3 Å². The van der Waals surface area contributed by atoms with Gasteiger partial charge in [0.1, 0.15) is 17.2 Å². The Morgan fingerprint density at radius 2 is 2.21 bits per heavy atom. The zero-order chi connectivity index (χ0) is 19.9. The molecule has 3 rings (SSSR count). The minimum atomic E-state index is -0.266. The van der Waals surface area contributed by atoms with Crippen LogP contribution in [0.3, 0.4) is 0 Å². The Morgan fingerprint density at radius 3 is 2.96 bits per heavy atom. The van der Waals surface area contributed by atoms with Crippen LogP contribution < -0.4 is 10.1 Å². The van der Waals surface area contributed by atoms with Crippen molar-refractivity contribution in [3.63, 3.8) is 0 Å². The Hall–Kier alpha value is -3.35. The predicted molar refractivity (Wildman–Crippen MR) is 107 cm³/mol. The van der Waals surface area contributed by atoms with E-state index >= 15 is 0 Å². The number of rotatable bonds is 8. The van der Waals surface area contributed by atoms with E-state index in [1.54, 1.807) is 37.9 Å². The van der Waals surface area contributed by atoms with Gasteiger partial charge in [-0.3, -0.25) is 14.5 Å². The molecule has 2 aromatic heterocycles. The maximum absolute atomic E-state index is 12.5. The van der Waals surface area contributed by atoms with Crippen molar-refractivity contribution in [3.8, 4) is 5.75 Å². The molecule has 0 unspecified atom stereocenters. The normalized spacial score (nSPS) is 11.3. The molecule has 0 aliphatic carbocycles. The van der Waals surface area contributed by atoms with Gasteiger partial charge in [0.25, 0.3) is 5.91 Å². The highest BCUT2D eigenvalue weighted by atomic mass is 16.5. The van der Waals surface area contributed by atoms with Crippen molar-refractivity contribution in [3.05, 3.63) is 65.9 Å². The largest absolute Gasteiger partial charge is 0.493 e. The molecule has 0 aliphatic heterocycles. The molecule has 2 heterocycles. The van der Waals surface area contributed by atoms with Crippen molar-refractivity contribution in [1.29, 1.82) is 0 Å². The lowest BCUT2D eigenvalue weighted by molar-refractivity contribution is 0.0939. The van der Waals surface area contributed by atoms with Gasteiger partial charge < -0.3 is 14.5 Å². The van der Waals surface area contributed by atoms with E-state index < -0.39 is 0 Å². The van der Waals surface area contributed by atoms with Gasteiger partial charge in [-0.15, -0.1) is 0 Å². The lowest BCUT2D eigenvalue weighted by atomic mass is 10.2. The van der Waals surface area contributed by atoms with E-state index in [0.29, 0.717) is 36.2 Å². The second-order valence-corrected chi connectivity index (χ2v) is 6.80. The Balaban J connectivity index is 1.71. The Morgan fingerprint density at radius 1 is 1.36 bits per heavy atom. The van der Waals surface area contributed by atoms with Gasteiger partial charge in [-0.1, -0.05) is 26.0 Å². The second-order valence-electron chi connectivity index (χ2n) is 6.80. The zero-order valence-electron chi connectivity index (χ0n) is 16.3. The monoisotopic (exact) mass is 380 g/mol. The fourth-order valence-electron chi connectivity index (χ4n) is 2.54. The average molecular weight is 380 g/mol. The Bertz CT molecular complexity index is 942. The SMILES string of the molecule is CC(C)COc1cccc(C=Nc2cnn(C)c2C(=O)NCc2ccco2)c1. The minimum absolute atomic E-state index is 0.266. The number of amides is 1. The summed E-state index contributed by atoms with van der Waals surface area (Å²) >= 11 is 0. The van der Waals surface area contributed by atoms with Crippen molar-refractivity contribution < 1.29 is 13.9 Å². The first-order valence-corrected chi connectivity index (χ1v) is 9.12. The van der Waals surface area contributed by atoms with E-state index in [-0.39, 0.29) is 5.91 Å². The standard InChI is InChI=1S/C21H24N4O3/c1-15(2)14-28-17-7-4-6-16(10-17)11-22-19-13-24-25(3)20(19)21(26)23-12-18-8-5-9-27-18/h4-11,13,15H,12,14H2,1-3H3,(H,23,26). The average Bonchev–Trinajstić information content (AvgIpc) is 3.33. The number of benzene rings is 1. The molecule has 28 heavy (non-hydrogen) atoms. The molecule has 0 saturated heterocycles. The molecular weight excluding hydrogens is 356 g/mol. The smallest absolute Gasteiger partial charge is 0.272 e. The van der Waals surface area contributed by atoms with Crippen molar-refractivity contribution in [2.75, 3.05) is 6.61 Å². The third-order valence-corrected chi connectivity index (χ3v) is 3.93. The van der Waals surface area contributed by atoms with Crippen LogP contribution in [0.2, 0.25) is 0 Å². The Kier molecular flexibility index (Phi) is 6.26. The van der Waals surface area contributed by atoms with Crippen LogP contribution in [0.4, 0.5) is 5.69 Å². The molecule has 0 aliphatic rings. The second kappa shape index (κ2) is 9.03. The molecule has 3 aromatic rings. The van der Waals surface area contributed by atoms with Crippen LogP contribution in [-0.2, 0) is 13.6 Å². The third-order valence-electron chi connectivity index (χ3n) is 3.93. The third kappa shape index (κ3) is 5.09. The van der Waals surface area contributed by atoms with Gasteiger partial charge in [-0.2, -0.15) is 5.10 Å². The van der Waals surface area contributed by atoms with E-state index in [2.05, 4.69) is 29.3 Å². The first-order chi connectivity index (χ1) is 13.5.